The molecule has 8 heteroatoms. The summed E-state index contributed by atoms with van der Waals surface area (Å²) in [5, 5.41) is 8.29. The smallest absolute Gasteiger partial charge is 0.311 e. The van der Waals surface area contributed by atoms with E-state index in [0.29, 0.717) is 30.3 Å². The van der Waals surface area contributed by atoms with Crippen LogP contribution in [-0.2, 0) is 27.5 Å². The van der Waals surface area contributed by atoms with Crippen molar-refractivity contribution >= 4 is 28.5 Å². The summed E-state index contributed by atoms with van der Waals surface area (Å²) in [5.41, 5.74) is 2.22. The highest BCUT2D eigenvalue weighted by molar-refractivity contribution is 5.99. The van der Waals surface area contributed by atoms with Crippen molar-refractivity contribution in [3.63, 3.8) is 0 Å². The van der Waals surface area contributed by atoms with Gasteiger partial charge in [-0.25, -0.2) is 0 Å². The van der Waals surface area contributed by atoms with Crippen molar-refractivity contribution in [3.8, 4) is 0 Å². The first kappa shape index (κ1) is 20.4. The summed E-state index contributed by atoms with van der Waals surface area (Å²) in [4.78, 5) is 40.8. The minimum absolute atomic E-state index is 0.0146. The quantitative estimate of drug-likeness (QED) is 0.589. The average molecular weight is 432 g/mol. The minimum atomic E-state index is -0.520. The molecule has 1 fully saturated rings. The fourth-order valence-electron chi connectivity index (χ4n) is 4.82. The molecule has 164 valence electrons. The van der Waals surface area contributed by atoms with Crippen molar-refractivity contribution in [3.05, 3.63) is 64.4 Å². The van der Waals surface area contributed by atoms with Crippen LogP contribution in [-0.4, -0.2) is 33.4 Å². The van der Waals surface area contributed by atoms with Gasteiger partial charge < -0.3 is 9.64 Å². The first-order valence-electron chi connectivity index (χ1n) is 11.0. The lowest BCUT2D eigenvalue weighted by Crippen LogP contribution is -2.42. The van der Waals surface area contributed by atoms with Crippen LogP contribution in [0.1, 0.15) is 31.2 Å². The predicted molar refractivity (Wildman–Crippen MR) is 118 cm³/mol. The zero-order chi connectivity index (χ0) is 22.1. The van der Waals surface area contributed by atoms with Gasteiger partial charge in [-0.1, -0.05) is 48.4 Å². The third-order valence-electron chi connectivity index (χ3n) is 6.50. The van der Waals surface area contributed by atoms with Crippen LogP contribution in [0.25, 0.3) is 10.9 Å². The fourth-order valence-corrected chi connectivity index (χ4v) is 4.82. The number of carbonyl (C=O) groups excluding carboxylic acids is 2. The average Bonchev–Trinajstić information content (AvgIpc) is 3.27. The maximum atomic E-state index is 13.4. The van der Waals surface area contributed by atoms with Crippen molar-refractivity contribution in [2.24, 2.45) is 11.8 Å². The summed E-state index contributed by atoms with van der Waals surface area (Å²) in [6.45, 7) is 0.317. The number of aromatic nitrogens is 3. The van der Waals surface area contributed by atoms with E-state index in [1.807, 2.05) is 29.2 Å². The van der Waals surface area contributed by atoms with Gasteiger partial charge >= 0.3 is 5.97 Å². The van der Waals surface area contributed by atoms with E-state index in [1.54, 1.807) is 24.3 Å². The maximum Gasteiger partial charge on any atom is 0.311 e. The van der Waals surface area contributed by atoms with Crippen LogP contribution in [0.4, 0.5) is 5.69 Å². The SMILES string of the molecule is O=C(OCn1nnc2ccccc2c1=O)[C@@H]1CCCC[C@@H]1C(=O)N1CCc2ccccc21. The molecule has 2 aromatic carbocycles. The Morgan fingerprint density at radius 3 is 2.62 bits per heavy atom. The second kappa shape index (κ2) is 8.53. The van der Waals surface area contributed by atoms with Crippen LogP contribution in [0, 0.1) is 11.8 Å². The maximum absolute atomic E-state index is 13.4. The van der Waals surface area contributed by atoms with E-state index >= 15 is 0 Å². The topological polar surface area (TPSA) is 94.4 Å². The van der Waals surface area contributed by atoms with Crippen molar-refractivity contribution in [2.75, 3.05) is 11.4 Å². The predicted octanol–water partition coefficient (Wildman–Crippen LogP) is 2.69. The van der Waals surface area contributed by atoms with E-state index in [4.69, 9.17) is 4.74 Å². The molecule has 0 radical (unpaired) electrons. The molecule has 2 atom stereocenters. The number of benzene rings is 2. The van der Waals surface area contributed by atoms with Crippen molar-refractivity contribution < 1.29 is 14.3 Å². The Morgan fingerprint density at radius 1 is 1.00 bits per heavy atom. The largest absolute Gasteiger partial charge is 0.442 e. The molecule has 0 bridgehead atoms. The number of amides is 1. The van der Waals surface area contributed by atoms with Crippen LogP contribution < -0.4 is 10.5 Å². The molecule has 1 amide bonds. The fraction of sp³-hybridized carbons (Fsp3) is 0.375. The normalized spacial score (nSPS) is 20.2. The molecule has 1 aliphatic heterocycles. The summed E-state index contributed by atoms with van der Waals surface area (Å²) in [5.74, 6) is -1.41. The van der Waals surface area contributed by atoms with Crippen molar-refractivity contribution in [1.82, 2.24) is 15.0 Å². The van der Waals surface area contributed by atoms with Crippen LogP contribution >= 0.6 is 0 Å². The van der Waals surface area contributed by atoms with Gasteiger partial charge in [0.25, 0.3) is 5.56 Å². The van der Waals surface area contributed by atoms with Crippen LogP contribution in [0.2, 0.25) is 0 Å². The highest BCUT2D eigenvalue weighted by atomic mass is 16.5. The number of carbonyl (C=O) groups is 2. The number of rotatable bonds is 4. The van der Waals surface area contributed by atoms with E-state index in [-0.39, 0.29) is 18.2 Å². The number of esters is 1. The number of anilines is 1. The Hall–Kier alpha value is -3.55. The molecule has 1 aliphatic carbocycles. The molecular formula is C24H24N4O4. The number of hydrogen-bond acceptors (Lipinski definition) is 6. The van der Waals surface area contributed by atoms with Gasteiger partial charge in [-0.3, -0.25) is 14.4 Å². The second-order valence-corrected chi connectivity index (χ2v) is 8.37. The lowest BCUT2D eigenvalue weighted by molar-refractivity contribution is -0.158. The van der Waals surface area contributed by atoms with Crippen LogP contribution in [0.3, 0.4) is 0 Å². The van der Waals surface area contributed by atoms with Crippen molar-refractivity contribution in [2.45, 2.75) is 38.8 Å². The first-order chi connectivity index (χ1) is 15.6. The van der Waals surface area contributed by atoms with Gasteiger partial charge in [-0.05, 0) is 43.0 Å². The highest BCUT2D eigenvalue weighted by Gasteiger charge is 2.40. The van der Waals surface area contributed by atoms with Crippen molar-refractivity contribution in [1.29, 1.82) is 0 Å². The zero-order valence-corrected chi connectivity index (χ0v) is 17.6. The molecule has 8 nitrogen and oxygen atoms in total. The number of para-hydroxylation sites is 1. The van der Waals surface area contributed by atoms with E-state index in [2.05, 4.69) is 10.3 Å². The van der Waals surface area contributed by atoms with Gasteiger partial charge in [-0.15, -0.1) is 5.10 Å². The summed E-state index contributed by atoms with van der Waals surface area (Å²) in [6.07, 6.45) is 3.87. The van der Waals surface area contributed by atoms with E-state index in [0.717, 1.165) is 35.2 Å². The van der Waals surface area contributed by atoms with E-state index in [9.17, 15) is 14.4 Å². The Morgan fingerprint density at radius 2 is 1.75 bits per heavy atom. The van der Waals surface area contributed by atoms with Crippen LogP contribution in [0.5, 0.6) is 0 Å². The van der Waals surface area contributed by atoms with Gasteiger partial charge in [0.2, 0.25) is 5.91 Å². The van der Waals surface area contributed by atoms with Gasteiger partial charge in [0, 0.05) is 12.2 Å². The third kappa shape index (κ3) is 3.66. The molecule has 2 heterocycles. The Labute approximate surface area is 184 Å². The number of ether oxygens (including phenoxy) is 1. The number of nitrogens with zero attached hydrogens (tertiary/aromatic N) is 4. The Balaban J connectivity index is 1.31. The molecule has 0 spiro atoms. The summed E-state index contributed by atoms with van der Waals surface area (Å²) in [6, 6.07) is 14.8. The standard InChI is InChI=1S/C24H24N4O4/c29-22(27-14-13-16-7-1-6-12-21(16)27)17-8-2-3-9-18(17)24(31)32-15-28-23(30)19-10-4-5-11-20(19)25-26-28/h1,4-7,10-12,17-18H,2-3,8-9,13-15H2/t17-,18+/m0/s1. The highest BCUT2D eigenvalue weighted by Crippen LogP contribution is 2.36. The lowest BCUT2D eigenvalue weighted by atomic mass is 9.78. The van der Waals surface area contributed by atoms with Gasteiger partial charge in [0.15, 0.2) is 6.73 Å². The third-order valence-corrected chi connectivity index (χ3v) is 6.50. The molecule has 5 rings (SSSR count). The molecule has 32 heavy (non-hydrogen) atoms. The first-order valence-corrected chi connectivity index (χ1v) is 11.0. The molecule has 1 aromatic heterocycles. The summed E-state index contributed by atoms with van der Waals surface area (Å²) < 4.78 is 6.50. The second-order valence-electron chi connectivity index (χ2n) is 8.37. The minimum Gasteiger partial charge on any atom is -0.442 e. The van der Waals surface area contributed by atoms with Gasteiger partial charge in [0.05, 0.1) is 17.2 Å². The van der Waals surface area contributed by atoms with Crippen LogP contribution in [0.15, 0.2) is 53.3 Å². The zero-order valence-electron chi connectivity index (χ0n) is 17.6. The number of hydrogen-bond donors (Lipinski definition) is 0. The Bertz CT molecular complexity index is 1240. The van der Waals surface area contributed by atoms with E-state index < -0.39 is 17.8 Å². The summed E-state index contributed by atoms with van der Waals surface area (Å²) in [7, 11) is 0. The lowest BCUT2D eigenvalue weighted by Gasteiger charge is -2.32. The summed E-state index contributed by atoms with van der Waals surface area (Å²) >= 11 is 0. The molecular weight excluding hydrogens is 408 g/mol. The molecule has 3 aromatic rings. The Kier molecular flexibility index (Phi) is 5.43. The van der Waals surface area contributed by atoms with E-state index in [1.165, 1.54) is 0 Å². The van der Waals surface area contributed by atoms with Gasteiger partial charge in [0.1, 0.15) is 5.52 Å². The molecule has 0 N–H and O–H groups in total. The molecule has 1 saturated carbocycles. The molecule has 2 aliphatic rings. The number of fused-ring (bicyclic) bond motifs is 2. The van der Waals surface area contributed by atoms with Gasteiger partial charge in [-0.2, -0.15) is 4.68 Å². The molecule has 0 saturated heterocycles. The monoisotopic (exact) mass is 432 g/mol. The molecule has 0 unspecified atom stereocenters.